The fraction of sp³-hybridized carbons (Fsp3) is 0.368. The number of benzene rings is 1. The molecule has 1 aliphatic rings. The van der Waals surface area contributed by atoms with Gasteiger partial charge in [-0.15, -0.1) is 0 Å². The van der Waals surface area contributed by atoms with Gasteiger partial charge in [0.2, 0.25) is 0 Å². The Labute approximate surface area is 149 Å². The van der Waals surface area contributed by atoms with Crippen LogP contribution >= 0.6 is 0 Å². The molecule has 3 heterocycles. The van der Waals surface area contributed by atoms with E-state index in [2.05, 4.69) is 45.0 Å². The Kier molecular flexibility index (Phi) is 4.19. The zero-order valence-electron chi connectivity index (χ0n) is 14.4. The van der Waals surface area contributed by atoms with Gasteiger partial charge in [0.1, 0.15) is 0 Å². The van der Waals surface area contributed by atoms with Crippen molar-refractivity contribution in [2.24, 2.45) is 0 Å². The van der Waals surface area contributed by atoms with E-state index in [4.69, 9.17) is 0 Å². The number of nitrogens with zero attached hydrogens (tertiary/aromatic N) is 3. The largest absolute Gasteiger partial charge is 0.434 e. The summed E-state index contributed by atoms with van der Waals surface area (Å²) in [6.45, 7) is 4.54. The molecule has 4 rings (SSSR count). The van der Waals surface area contributed by atoms with E-state index >= 15 is 0 Å². The van der Waals surface area contributed by atoms with Gasteiger partial charge in [-0.25, -0.2) is 4.98 Å². The van der Waals surface area contributed by atoms with E-state index in [0.29, 0.717) is 18.7 Å². The Morgan fingerprint density at radius 2 is 2.04 bits per heavy atom. The Bertz CT molecular complexity index is 942. The fourth-order valence-electron chi connectivity index (χ4n) is 3.61. The minimum Gasteiger partial charge on any atom is -0.344 e. The van der Waals surface area contributed by atoms with E-state index in [1.165, 1.54) is 33.9 Å². The van der Waals surface area contributed by atoms with Crippen LogP contribution < -0.4 is 5.32 Å². The highest BCUT2D eigenvalue weighted by Crippen LogP contribution is 2.30. The maximum atomic E-state index is 12.6. The molecule has 0 aliphatic carbocycles. The van der Waals surface area contributed by atoms with Crippen molar-refractivity contribution in [1.82, 2.24) is 19.9 Å². The molecule has 0 radical (unpaired) electrons. The molecule has 3 aromatic rings. The van der Waals surface area contributed by atoms with Gasteiger partial charge >= 0.3 is 6.18 Å². The number of hydrogen-bond donors (Lipinski definition) is 1. The second-order valence-electron chi connectivity index (χ2n) is 6.67. The summed E-state index contributed by atoms with van der Waals surface area (Å²) in [4.78, 5) is 7.45. The molecule has 0 spiro atoms. The van der Waals surface area contributed by atoms with Crippen molar-refractivity contribution in [2.75, 3.05) is 6.54 Å². The number of rotatable bonds is 3. The smallest absolute Gasteiger partial charge is 0.344 e. The summed E-state index contributed by atoms with van der Waals surface area (Å²) in [5, 5.41) is 4.67. The number of fused-ring (bicyclic) bond motifs is 3. The third-order valence-electron chi connectivity index (χ3n) is 4.87. The average Bonchev–Trinajstić information content (AvgIpc) is 2.93. The molecule has 1 aromatic carbocycles. The van der Waals surface area contributed by atoms with E-state index in [1.807, 2.05) is 0 Å². The summed E-state index contributed by atoms with van der Waals surface area (Å²) in [5.74, 6) is 0. The third-order valence-corrected chi connectivity index (χ3v) is 4.87. The van der Waals surface area contributed by atoms with Gasteiger partial charge in [0.15, 0.2) is 5.69 Å². The molecule has 7 heteroatoms. The van der Waals surface area contributed by atoms with E-state index in [0.717, 1.165) is 25.7 Å². The van der Waals surface area contributed by atoms with Crippen molar-refractivity contribution in [3.05, 3.63) is 58.8 Å². The van der Waals surface area contributed by atoms with Crippen LogP contribution in [0.4, 0.5) is 13.2 Å². The van der Waals surface area contributed by atoms with Gasteiger partial charge in [-0.05, 0) is 24.6 Å². The Hall–Kier alpha value is -2.41. The van der Waals surface area contributed by atoms with Crippen LogP contribution in [0.25, 0.3) is 10.9 Å². The highest BCUT2D eigenvalue weighted by atomic mass is 19.4. The molecular formula is C19H19F3N4. The highest BCUT2D eigenvalue weighted by Gasteiger charge is 2.32. The molecule has 0 saturated carbocycles. The lowest BCUT2D eigenvalue weighted by molar-refractivity contribution is -0.141. The number of hydrogen-bond acceptors (Lipinski definition) is 3. The Morgan fingerprint density at radius 3 is 2.77 bits per heavy atom. The molecule has 1 aliphatic heterocycles. The first-order chi connectivity index (χ1) is 12.4. The molecule has 0 atom stereocenters. The minimum absolute atomic E-state index is 0.544. The van der Waals surface area contributed by atoms with Gasteiger partial charge in [0.05, 0.1) is 11.9 Å². The molecule has 0 saturated heterocycles. The molecule has 0 bridgehead atoms. The number of alkyl halides is 3. The van der Waals surface area contributed by atoms with Crippen molar-refractivity contribution in [3.8, 4) is 0 Å². The lowest BCUT2D eigenvalue weighted by atomic mass is 10.0. The van der Waals surface area contributed by atoms with Crippen LogP contribution in [-0.2, 0) is 32.1 Å². The monoisotopic (exact) mass is 360 g/mol. The lowest BCUT2D eigenvalue weighted by Crippen LogP contribution is -2.25. The zero-order chi connectivity index (χ0) is 18.3. The number of nitrogens with one attached hydrogen (secondary N) is 1. The van der Waals surface area contributed by atoms with Crippen molar-refractivity contribution < 1.29 is 13.2 Å². The second kappa shape index (κ2) is 6.39. The number of halogens is 3. The van der Waals surface area contributed by atoms with Crippen LogP contribution in [0.2, 0.25) is 0 Å². The SMILES string of the molecule is Cc1ccc2c(c1)c1c(n2CCc2cnc(C(F)(F)F)cn2)CCNC1. The van der Waals surface area contributed by atoms with Gasteiger partial charge in [-0.3, -0.25) is 4.98 Å². The van der Waals surface area contributed by atoms with E-state index < -0.39 is 11.9 Å². The molecule has 4 nitrogen and oxygen atoms in total. The van der Waals surface area contributed by atoms with Crippen LogP contribution in [0.15, 0.2) is 30.6 Å². The summed E-state index contributed by atoms with van der Waals surface area (Å²) in [6, 6.07) is 6.42. The van der Waals surface area contributed by atoms with Crippen molar-refractivity contribution in [1.29, 1.82) is 0 Å². The molecule has 0 amide bonds. The van der Waals surface area contributed by atoms with Crippen molar-refractivity contribution in [3.63, 3.8) is 0 Å². The Morgan fingerprint density at radius 1 is 1.19 bits per heavy atom. The molecule has 0 unspecified atom stereocenters. The first-order valence-electron chi connectivity index (χ1n) is 8.63. The van der Waals surface area contributed by atoms with Crippen LogP contribution in [0.1, 0.15) is 28.2 Å². The summed E-state index contributed by atoms with van der Waals surface area (Å²) < 4.78 is 40.1. The normalized spacial score (nSPS) is 14.6. The Balaban J connectivity index is 1.63. The molecule has 26 heavy (non-hydrogen) atoms. The first kappa shape index (κ1) is 17.0. The predicted molar refractivity (Wildman–Crippen MR) is 92.8 cm³/mol. The van der Waals surface area contributed by atoms with Crippen molar-refractivity contribution in [2.45, 2.75) is 39.0 Å². The molecule has 0 fully saturated rings. The topological polar surface area (TPSA) is 42.7 Å². The van der Waals surface area contributed by atoms with Crippen LogP contribution in [-0.4, -0.2) is 21.1 Å². The maximum Gasteiger partial charge on any atom is 0.434 e. The fourth-order valence-corrected chi connectivity index (χ4v) is 3.61. The number of aryl methyl sites for hydroxylation is 3. The van der Waals surface area contributed by atoms with E-state index in [9.17, 15) is 13.2 Å². The second-order valence-corrected chi connectivity index (χ2v) is 6.67. The van der Waals surface area contributed by atoms with Crippen molar-refractivity contribution >= 4 is 10.9 Å². The molecule has 2 aromatic heterocycles. The maximum absolute atomic E-state index is 12.6. The number of aromatic nitrogens is 3. The average molecular weight is 360 g/mol. The summed E-state index contributed by atoms with van der Waals surface area (Å²) in [6.07, 6.45) is -0.922. The lowest BCUT2D eigenvalue weighted by Gasteiger charge is -2.17. The molecule has 136 valence electrons. The minimum atomic E-state index is -4.45. The van der Waals surface area contributed by atoms with E-state index in [1.54, 1.807) is 0 Å². The quantitative estimate of drug-likeness (QED) is 0.775. The molecule has 1 N–H and O–H groups in total. The highest BCUT2D eigenvalue weighted by molar-refractivity contribution is 5.86. The first-order valence-corrected chi connectivity index (χ1v) is 8.63. The van der Waals surface area contributed by atoms with E-state index in [-0.39, 0.29) is 0 Å². The summed E-state index contributed by atoms with van der Waals surface area (Å²) >= 11 is 0. The summed E-state index contributed by atoms with van der Waals surface area (Å²) in [5.41, 5.74) is 4.64. The zero-order valence-corrected chi connectivity index (χ0v) is 14.4. The van der Waals surface area contributed by atoms with Crippen LogP contribution in [0, 0.1) is 6.92 Å². The van der Waals surface area contributed by atoms with Gasteiger partial charge in [0, 0.05) is 55.3 Å². The third kappa shape index (κ3) is 3.07. The van der Waals surface area contributed by atoms with Gasteiger partial charge in [0.25, 0.3) is 0 Å². The molecular weight excluding hydrogens is 341 g/mol. The van der Waals surface area contributed by atoms with Gasteiger partial charge < -0.3 is 9.88 Å². The summed E-state index contributed by atoms with van der Waals surface area (Å²) in [7, 11) is 0. The van der Waals surface area contributed by atoms with Crippen LogP contribution in [0.3, 0.4) is 0 Å². The van der Waals surface area contributed by atoms with Crippen LogP contribution in [0.5, 0.6) is 0 Å². The predicted octanol–water partition coefficient (Wildman–Crippen LogP) is 3.65. The standard InChI is InChI=1S/C19H19F3N4/c1-12-2-3-16-14(8-12)15-10-23-6-4-17(15)26(16)7-5-13-9-25-18(11-24-13)19(20,21)22/h2-3,8-9,11,23H,4-7,10H2,1H3. The van der Waals surface area contributed by atoms with Gasteiger partial charge in [-0.1, -0.05) is 11.6 Å². The van der Waals surface area contributed by atoms with Gasteiger partial charge in [-0.2, -0.15) is 13.2 Å².